The van der Waals surface area contributed by atoms with Gasteiger partial charge in [0.25, 0.3) is 0 Å². The first-order valence-electron chi connectivity index (χ1n) is 6.38. The Balaban J connectivity index is 1.98. The monoisotopic (exact) mass is 268 g/mol. The summed E-state index contributed by atoms with van der Waals surface area (Å²) in [6, 6.07) is -0.261. The lowest BCUT2D eigenvalue weighted by Gasteiger charge is -2.23. The first kappa shape index (κ1) is 13.8. The molecule has 0 spiro atoms. The van der Waals surface area contributed by atoms with E-state index in [0.29, 0.717) is 11.7 Å². The molecule has 7 nitrogen and oxygen atoms in total. The highest BCUT2D eigenvalue weighted by atomic mass is 16.6. The topological polar surface area (TPSA) is 89.3 Å². The number of hydrogen-bond acceptors (Lipinski definition) is 6. The lowest BCUT2D eigenvalue weighted by Crippen LogP contribution is -2.41. The van der Waals surface area contributed by atoms with Gasteiger partial charge in [-0.1, -0.05) is 5.16 Å². The van der Waals surface area contributed by atoms with Crippen LogP contribution in [0.3, 0.4) is 0 Å². The third-order valence-corrected chi connectivity index (χ3v) is 2.73. The predicted octanol–water partition coefficient (Wildman–Crippen LogP) is 1.31. The molecule has 19 heavy (non-hydrogen) atoms. The van der Waals surface area contributed by atoms with Crippen molar-refractivity contribution in [1.29, 1.82) is 0 Å². The Bertz CT molecular complexity index is 452. The normalized spacial score (nSPS) is 23.4. The maximum atomic E-state index is 11.8. The number of hydrogen-bond donors (Lipinski definition) is 2. The summed E-state index contributed by atoms with van der Waals surface area (Å²) in [5.74, 6) is 1.08. The number of alkyl carbamates (subject to hydrolysis) is 1. The van der Waals surface area contributed by atoms with E-state index in [1.54, 1.807) is 6.92 Å². The van der Waals surface area contributed by atoms with E-state index in [9.17, 15) is 4.79 Å². The van der Waals surface area contributed by atoms with E-state index >= 15 is 0 Å². The molecule has 7 heteroatoms. The molecule has 1 saturated heterocycles. The minimum absolute atomic E-state index is 0.102. The van der Waals surface area contributed by atoms with Gasteiger partial charge in [-0.15, -0.1) is 0 Å². The van der Waals surface area contributed by atoms with E-state index < -0.39 is 11.7 Å². The largest absolute Gasteiger partial charge is 0.444 e. The van der Waals surface area contributed by atoms with Crippen molar-refractivity contribution >= 4 is 6.09 Å². The predicted molar refractivity (Wildman–Crippen MR) is 67.6 cm³/mol. The molecular formula is C12H20N4O3. The van der Waals surface area contributed by atoms with E-state index in [1.165, 1.54) is 0 Å². The molecule has 0 radical (unpaired) electrons. The highest BCUT2D eigenvalue weighted by Crippen LogP contribution is 2.22. The average molecular weight is 268 g/mol. The Labute approximate surface area is 112 Å². The molecule has 0 aliphatic carbocycles. The molecule has 0 aromatic carbocycles. The second-order valence-electron chi connectivity index (χ2n) is 5.65. The second-order valence-corrected chi connectivity index (χ2v) is 5.65. The average Bonchev–Trinajstić information content (AvgIpc) is 2.83. The SMILES string of the molecule is Cc1noc([C@@H]2NCC[C@H]2NC(=O)OC(C)(C)C)n1. The Morgan fingerprint density at radius 2 is 2.26 bits per heavy atom. The molecule has 1 aliphatic rings. The third-order valence-electron chi connectivity index (χ3n) is 2.73. The van der Waals surface area contributed by atoms with Crippen LogP contribution in [0, 0.1) is 6.92 Å². The van der Waals surface area contributed by atoms with Gasteiger partial charge in [-0.3, -0.25) is 0 Å². The minimum Gasteiger partial charge on any atom is -0.444 e. The molecule has 0 saturated carbocycles. The maximum Gasteiger partial charge on any atom is 0.407 e. The summed E-state index contributed by atoms with van der Waals surface area (Å²) in [5.41, 5.74) is -0.507. The number of amides is 1. The van der Waals surface area contributed by atoms with Gasteiger partial charge in [0, 0.05) is 0 Å². The summed E-state index contributed by atoms with van der Waals surface area (Å²) in [5, 5.41) is 9.84. The van der Waals surface area contributed by atoms with Gasteiger partial charge >= 0.3 is 6.09 Å². The summed E-state index contributed by atoms with van der Waals surface area (Å²) < 4.78 is 10.4. The van der Waals surface area contributed by atoms with Gasteiger partial charge in [-0.2, -0.15) is 4.98 Å². The molecule has 2 N–H and O–H groups in total. The lowest BCUT2D eigenvalue weighted by molar-refractivity contribution is 0.0497. The molecule has 1 aromatic rings. The first-order valence-corrected chi connectivity index (χ1v) is 6.38. The van der Waals surface area contributed by atoms with Gasteiger partial charge < -0.3 is 19.9 Å². The molecule has 1 aliphatic heterocycles. The van der Waals surface area contributed by atoms with Gasteiger partial charge in [0.2, 0.25) is 5.89 Å². The minimum atomic E-state index is -0.507. The molecule has 1 aromatic heterocycles. The summed E-state index contributed by atoms with van der Waals surface area (Å²) in [7, 11) is 0. The fourth-order valence-electron chi connectivity index (χ4n) is 2.02. The van der Waals surface area contributed by atoms with Gasteiger partial charge in [-0.05, 0) is 40.7 Å². The van der Waals surface area contributed by atoms with Crippen molar-refractivity contribution in [3.05, 3.63) is 11.7 Å². The number of rotatable bonds is 2. The molecular weight excluding hydrogens is 248 g/mol. The zero-order valence-electron chi connectivity index (χ0n) is 11.7. The molecule has 1 amide bonds. The number of nitrogens with one attached hydrogen (secondary N) is 2. The first-order chi connectivity index (χ1) is 8.85. The van der Waals surface area contributed by atoms with Crippen molar-refractivity contribution < 1.29 is 14.1 Å². The number of carbonyl (C=O) groups excluding carboxylic acids is 1. The standard InChI is InChI=1S/C12H20N4O3/c1-7-14-10(19-16-7)9-8(5-6-13-9)15-11(17)18-12(2,3)4/h8-9,13H,5-6H2,1-4H3,(H,15,17)/t8-,9-/m1/s1. The zero-order chi connectivity index (χ0) is 14.0. The smallest absolute Gasteiger partial charge is 0.407 e. The van der Waals surface area contributed by atoms with Gasteiger partial charge in [0.1, 0.15) is 11.6 Å². The molecule has 2 atom stereocenters. The molecule has 1 fully saturated rings. The molecule has 0 unspecified atom stereocenters. The van der Waals surface area contributed by atoms with Crippen molar-refractivity contribution in [3.8, 4) is 0 Å². The van der Waals surface area contributed by atoms with E-state index in [0.717, 1.165) is 13.0 Å². The Morgan fingerprint density at radius 3 is 2.84 bits per heavy atom. The van der Waals surface area contributed by atoms with Crippen molar-refractivity contribution in [2.45, 2.75) is 51.8 Å². The highest BCUT2D eigenvalue weighted by Gasteiger charge is 2.34. The van der Waals surface area contributed by atoms with Crippen LogP contribution in [-0.4, -0.2) is 34.4 Å². The maximum absolute atomic E-state index is 11.8. The molecule has 2 heterocycles. The summed E-state index contributed by atoms with van der Waals surface area (Å²) >= 11 is 0. The van der Waals surface area contributed by atoms with Gasteiger partial charge in [0.15, 0.2) is 5.82 Å². The quantitative estimate of drug-likeness (QED) is 0.840. The number of nitrogens with zero attached hydrogens (tertiary/aromatic N) is 2. The number of carbonyl (C=O) groups is 1. The van der Waals surface area contributed by atoms with Crippen molar-refractivity contribution in [3.63, 3.8) is 0 Å². The fourth-order valence-corrected chi connectivity index (χ4v) is 2.02. The number of aromatic nitrogens is 2. The molecule has 106 valence electrons. The van der Waals surface area contributed by atoms with Crippen molar-refractivity contribution in [1.82, 2.24) is 20.8 Å². The van der Waals surface area contributed by atoms with E-state index in [4.69, 9.17) is 9.26 Å². The van der Waals surface area contributed by atoms with Gasteiger partial charge in [0.05, 0.1) is 6.04 Å². The van der Waals surface area contributed by atoms with Crippen molar-refractivity contribution in [2.75, 3.05) is 6.54 Å². The van der Waals surface area contributed by atoms with E-state index in [2.05, 4.69) is 20.8 Å². The second kappa shape index (κ2) is 5.16. The zero-order valence-corrected chi connectivity index (χ0v) is 11.7. The third kappa shape index (κ3) is 3.66. The van der Waals surface area contributed by atoms with Crippen LogP contribution in [0.15, 0.2) is 4.52 Å². The van der Waals surface area contributed by atoms with Crippen LogP contribution in [-0.2, 0) is 4.74 Å². The van der Waals surface area contributed by atoms with Gasteiger partial charge in [-0.25, -0.2) is 4.79 Å². The summed E-state index contributed by atoms with van der Waals surface area (Å²) in [6.45, 7) is 8.04. The van der Waals surface area contributed by atoms with E-state index in [1.807, 2.05) is 20.8 Å². The number of ether oxygens (including phenoxy) is 1. The molecule has 2 rings (SSSR count). The lowest BCUT2D eigenvalue weighted by atomic mass is 10.1. The van der Waals surface area contributed by atoms with Crippen LogP contribution in [0.2, 0.25) is 0 Å². The Hall–Kier alpha value is -1.63. The fraction of sp³-hybridized carbons (Fsp3) is 0.750. The Kier molecular flexibility index (Phi) is 3.75. The number of aryl methyl sites for hydroxylation is 1. The van der Waals surface area contributed by atoms with Crippen LogP contribution < -0.4 is 10.6 Å². The summed E-state index contributed by atoms with van der Waals surface area (Å²) in [6.07, 6.45) is 0.369. The molecule has 0 bridgehead atoms. The highest BCUT2D eigenvalue weighted by molar-refractivity contribution is 5.68. The Morgan fingerprint density at radius 1 is 1.53 bits per heavy atom. The van der Waals surface area contributed by atoms with Crippen LogP contribution in [0.5, 0.6) is 0 Å². The van der Waals surface area contributed by atoms with Crippen LogP contribution in [0.4, 0.5) is 4.79 Å². The van der Waals surface area contributed by atoms with Crippen LogP contribution >= 0.6 is 0 Å². The van der Waals surface area contributed by atoms with Crippen LogP contribution in [0.25, 0.3) is 0 Å². The van der Waals surface area contributed by atoms with E-state index in [-0.39, 0.29) is 12.1 Å². The summed E-state index contributed by atoms with van der Waals surface area (Å²) in [4.78, 5) is 16.0. The van der Waals surface area contributed by atoms with Crippen molar-refractivity contribution in [2.24, 2.45) is 0 Å². The van der Waals surface area contributed by atoms with Crippen LogP contribution in [0.1, 0.15) is 44.9 Å².